The van der Waals surface area contributed by atoms with E-state index < -0.39 is 0 Å². The zero-order valence-corrected chi connectivity index (χ0v) is 15.1. The maximum atomic E-state index is 12.7. The molecule has 0 bridgehead atoms. The largest absolute Gasteiger partial charge is 0.497 e. The molecule has 0 N–H and O–H groups in total. The molecule has 136 valence electrons. The molecule has 2 atom stereocenters. The van der Waals surface area contributed by atoms with Gasteiger partial charge < -0.3 is 14.2 Å². The average molecular weight is 354 g/mol. The maximum absolute atomic E-state index is 12.7. The molecule has 6 nitrogen and oxygen atoms in total. The highest BCUT2D eigenvalue weighted by atomic mass is 16.5. The Morgan fingerprint density at radius 2 is 2.04 bits per heavy atom. The molecule has 1 aliphatic heterocycles. The first-order valence-corrected chi connectivity index (χ1v) is 8.48. The number of carbonyl (C=O) groups excluding carboxylic acids is 1. The van der Waals surface area contributed by atoms with Crippen LogP contribution in [-0.4, -0.2) is 43.7 Å². The zero-order chi connectivity index (χ0) is 18.5. The van der Waals surface area contributed by atoms with Crippen LogP contribution in [-0.2, 0) is 19.0 Å². The number of allylic oxidation sites excluding steroid dienone is 1. The summed E-state index contributed by atoms with van der Waals surface area (Å²) in [5.74, 6) is 0.652. The molecular weight excluding hydrogens is 332 g/mol. The van der Waals surface area contributed by atoms with E-state index in [-0.39, 0.29) is 29.7 Å². The van der Waals surface area contributed by atoms with Gasteiger partial charge in [-0.15, -0.1) is 0 Å². The van der Waals surface area contributed by atoms with Gasteiger partial charge >= 0.3 is 6.02 Å². The van der Waals surface area contributed by atoms with Crippen molar-refractivity contribution in [1.29, 1.82) is 0 Å². The van der Waals surface area contributed by atoms with Gasteiger partial charge in [-0.3, -0.25) is 9.69 Å². The summed E-state index contributed by atoms with van der Waals surface area (Å²) in [4.78, 5) is 18.6. The lowest BCUT2D eigenvalue weighted by atomic mass is 9.95. The highest BCUT2D eigenvalue weighted by molar-refractivity contribution is 6.09. The molecule has 0 spiro atoms. The molecule has 1 aromatic rings. The van der Waals surface area contributed by atoms with Crippen LogP contribution in [0.25, 0.3) is 0 Å². The fourth-order valence-corrected chi connectivity index (χ4v) is 2.83. The number of amidine groups is 1. The Balaban J connectivity index is 1.86. The fraction of sp³-hybridized carbons (Fsp3) is 0.300. The van der Waals surface area contributed by atoms with Crippen LogP contribution >= 0.6 is 0 Å². The van der Waals surface area contributed by atoms with Crippen LogP contribution in [0.5, 0.6) is 0 Å². The maximum Gasteiger partial charge on any atom is 0.305 e. The van der Waals surface area contributed by atoms with E-state index in [4.69, 9.17) is 14.2 Å². The Hall–Kier alpha value is -2.86. The Labute approximate surface area is 153 Å². The van der Waals surface area contributed by atoms with Gasteiger partial charge in [-0.25, -0.2) is 0 Å². The van der Waals surface area contributed by atoms with Crippen molar-refractivity contribution < 1.29 is 19.0 Å². The molecule has 2 aliphatic rings. The van der Waals surface area contributed by atoms with Gasteiger partial charge in [-0.2, -0.15) is 4.99 Å². The number of ether oxygens (including phenoxy) is 3. The number of likely N-dealkylation sites (N-methyl/N-ethyl adjacent to an activating group) is 1. The summed E-state index contributed by atoms with van der Waals surface area (Å²) < 4.78 is 16.5. The van der Waals surface area contributed by atoms with E-state index in [0.717, 1.165) is 11.4 Å². The predicted octanol–water partition coefficient (Wildman–Crippen LogP) is 3.17. The third-order valence-electron chi connectivity index (χ3n) is 4.23. The van der Waals surface area contributed by atoms with E-state index in [1.807, 2.05) is 55.5 Å². The van der Waals surface area contributed by atoms with E-state index >= 15 is 0 Å². The number of carbonyl (C=O) groups is 1. The summed E-state index contributed by atoms with van der Waals surface area (Å²) in [6.07, 6.45) is 7.19. The number of nitrogens with zero attached hydrogens (tertiary/aromatic N) is 2. The molecule has 1 saturated heterocycles. The van der Waals surface area contributed by atoms with Gasteiger partial charge in [-0.05, 0) is 37.3 Å². The number of hydrogen-bond acceptors (Lipinski definition) is 5. The number of hydrogen-bond donors (Lipinski definition) is 0. The molecule has 6 heteroatoms. The SMILES string of the molecule is CCN1C(=O)/C(=C\C2C=CC(OC)=CC2OC)O/C1=N/c1ccccc1. The van der Waals surface area contributed by atoms with Gasteiger partial charge in [0.15, 0.2) is 5.76 Å². The second-order valence-electron chi connectivity index (χ2n) is 5.82. The van der Waals surface area contributed by atoms with Crippen LogP contribution in [0.4, 0.5) is 5.69 Å². The molecule has 1 amide bonds. The summed E-state index contributed by atoms with van der Waals surface area (Å²) in [6, 6.07) is 9.70. The first-order chi connectivity index (χ1) is 12.7. The van der Waals surface area contributed by atoms with Gasteiger partial charge in [-0.1, -0.05) is 24.3 Å². The van der Waals surface area contributed by atoms with Crippen molar-refractivity contribution in [3.8, 4) is 0 Å². The molecule has 2 unspecified atom stereocenters. The lowest BCUT2D eigenvalue weighted by Crippen LogP contribution is -2.29. The van der Waals surface area contributed by atoms with Crippen molar-refractivity contribution in [1.82, 2.24) is 4.90 Å². The lowest BCUT2D eigenvalue weighted by molar-refractivity contribution is -0.122. The van der Waals surface area contributed by atoms with Gasteiger partial charge in [0.25, 0.3) is 5.91 Å². The zero-order valence-electron chi connectivity index (χ0n) is 15.1. The predicted molar refractivity (Wildman–Crippen MR) is 98.6 cm³/mol. The van der Waals surface area contributed by atoms with Crippen molar-refractivity contribution in [3.63, 3.8) is 0 Å². The summed E-state index contributed by atoms with van der Waals surface area (Å²) in [6.45, 7) is 2.36. The first-order valence-electron chi connectivity index (χ1n) is 8.48. The number of benzene rings is 1. The number of rotatable bonds is 5. The Bertz CT molecular complexity index is 780. The second kappa shape index (κ2) is 8.01. The second-order valence-corrected chi connectivity index (χ2v) is 5.82. The van der Waals surface area contributed by atoms with Gasteiger partial charge in [0.1, 0.15) is 5.76 Å². The third-order valence-corrected chi connectivity index (χ3v) is 4.23. The highest BCUT2D eigenvalue weighted by Crippen LogP contribution is 2.26. The van der Waals surface area contributed by atoms with Crippen LogP contribution < -0.4 is 0 Å². The molecule has 0 aromatic heterocycles. The molecule has 1 fully saturated rings. The van der Waals surface area contributed by atoms with Gasteiger partial charge in [0.2, 0.25) is 0 Å². The summed E-state index contributed by atoms with van der Waals surface area (Å²) in [7, 11) is 3.23. The number of aliphatic imine (C=N–C) groups is 1. The summed E-state index contributed by atoms with van der Waals surface area (Å²) in [5.41, 5.74) is 0.731. The molecule has 1 aliphatic carbocycles. The quantitative estimate of drug-likeness (QED) is 0.762. The van der Waals surface area contributed by atoms with Crippen molar-refractivity contribution >= 4 is 17.6 Å². The average Bonchev–Trinajstić information content (AvgIpc) is 2.97. The van der Waals surface area contributed by atoms with E-state index in [1.165, 1.54) is 4.90 Å². The van der Waals surface area contributed by atoms with Crippen LogP contribution in [0.2, 0.25) is 0 Å². The van der Waals surface area contributed by atoms with E-state index in [2.05, 4.69) is 4.99 Å². The normalized spacial score (nSPS) is 25.6. The lowest BCUT2D eigenvalue weighted by Gasteiger charge is -2.22. The standard InChI is InChI=1S/C20H22N2O4/c1-4-22-19(23)18(26-20(22)21-15-8-6-5-7-9-15)12-14-10-11-16(24-2)13-17(14)25-3/h5-14,17H,4H2,1-3H3/b18-12+,21-20+. The molecule has 26 heavy (non-hydrogen) atoms. The molecule has 0 saturated carbocycles. The number of methoxy groups -OCH3 is 2. The summed E-state index contributed by atoms with van der Waals surface area (Å²) in [5, 5.41) is 0. The Kier molecular flexibility index (Phi) is 5.53. The third kappa shape index (κ3) is 3.70. The summed E-state index contributed by atoms with van der Waals surface area (Å²) >= 11 is 0. The molecule has 3 rings (SSSR count). The van der Waals surface area contributed by atoms with Crippen molar-refractivity contribution in [2.75, 3.05) is 20.8 Å². The van der Waals surface area contributed by atoms with E-state index in [0.29, 0.717) is 6.54 Å². The van der Waals surface area contributed by atoms with E-state index in [9.17, 15) is 4.79 Å². The van der Waals surface area contributed by atoms with Crippen LogP contribution in [0, 0.1) is 5.92 Å². The molecular formula is C20H22N2O4. The topological polar surface area (TPSA) is 60.4 Å². The van der Waals surface area contributed by atoms with Crippen LogP contribution in [0.15, 0.2) is 71.1 Å². The molecule has 1 heterocycles. The Morgan fingerprint density at radius 3 is 2.69 bits per heavy atom. The van der Waals surface area contributed by atoms with Crippen LogP contribution in [0.1, 0.15) is 6.92 Å². The number of amides is 1. The van der Waals surface area contributed by atoms with Crippen LogP contribution in [0.3, 0.4) is 0 Å². The minimum absolute atomic E-state index is 0.132. The van der Waals surface area contributed by atoms with Gasteiger partial charge in [0.05, 0.1) is 18.9 Å². The minimum atomic E-state index is -0.232. The minimum Gasteiger partial charge on any atom is -0.497 e. The van der Waals surface area contributed by atoms with Crippen molar-refractivity contribution in [3.05, 3.63) is 66.2 Å². The molecule has 0 radical (unpaired) electrons. The number of para-hydroxylation sites is 1. The fourth-order valence-electron chi connectivity index (χ4n) is 2.83. The van der Waals surface area contributed by atoms with E-state index in [1.54, 1.807) is 20.3 Å². The first kappa shape index (κ1) is 17.9. The monoisotopic (exact) mass is 354 g/mol. The Morgan fingerprint density at radius 1 is 1.27 bits per heavy atom. The molecule has 1 aromatic carbocycles. The van der Waals surface area contributed by atoms with Gasteiger partial charge in [0, 0.05) is 19.6 Å². The van der Waals surface area contributed by atoms with Crippen molar-refractivity contribution in [2.24, 2.45) is 10.9 Å². The smallest absolute Gasteiger partial charge is 0.305 e. The highest BCUT2D eigenvalue weighted by Gasteiger charge is 2.35. The van der Waals surface area contributed by atoms with Crippen molar-refractivity contribution in [2.45, 2.75) is 13.0 Å².